The van der Waals surface area contributed by atoms with E-state index in [0.717, 1.165) is 11.8 Å². The van der Waals surface area contributed by atoms with Crippen molar-refractivity contribution in [1.82, 2.24) is 4.98 Å². The Balaban J connectivity index is 2.30. The lowest BCUT2D eigenvalue weighted by atomic mass is 10.1. The van der Waals surface area contributed by atoms with Crippen molar-refractivity contribution in [3.63, 3.8) is 0 Å². The van der Waals surface area contributed by atoms with Gasteiger partial charge in [0.2, 0.25) is 0 Å². The number of aliphatic carboxylic acids is 1. The average Bonchev–Trinajstić information content (AvgIpc) is 2.89. The van der Waals surface area contributed by atoms with Gasteiger partial charge in [0.1, 0.15) is 5.82 Å². The van der Waals surface area contributed by atoms with Crippen LogP contribution < -0.4 is 4.90 Å². The first-order chi connectivity index (χ1) is 9.58. The topological polar surface area (TPSA) is 53.4 Å². The minimum absolute atomic E-state index is 0.257. The van der Waals surface area contributed by atoms with Crippen LogP contribution in [0.3, 0.4) is 0 Å². The van der Waals surface area contributed by atoms with Crippen LogP contribution in [-0.2, 0) is 11.3 Å². The Bertz CT molecular complexity index is 626. The van der Waals surface area contributed by atoms with Gasteiger partial charge in [0.15, 0.2) is 0 Å². The van der Waals surface area contributed by atoms with Gasteiger partial charge in [-0.1, -0.05) is 6.07 Å². The normalized spacial score (nSPS) is 10.9. The zero-order valence-corrected chi connectivity index (χ0v) is 11.6. The number of hydrogen-bond acceptors (Lipinski definition) is 4. The van der Waals surface area contributed by atoms with Gasteiger partial charge >= 0.3 is 5.97 Å². The lowest BCUT2D eigenvalue weighted by Crippen LogP contribution is -2.18. The molecule has 1 N–H and O–H groups in total. The van der Waals surface area contributed by atoms with E-state index in [0.29, 0.717) is 12.2 Å². The third-order valence-corrected chi connectivity index (χ3v) is 3.35. The zero-order chi connectivity index (χ0) is 14.5. The van der Waals surface area contributed by atoms with Crippen molar-refractivity contribution in [3.05, 3.63) is 52.2 Å². The number of nitrogens with zero attached hydrogens (tertiary/aromatic N) is 2. The predicted molar refractivity (Wildman–Crippen MR) is 77.3 cm³/mol. The van der Waals surface area contributed by atoms with Gasteiger partial charge in [-0.2, -0.15) is 0 Å². The van der Waals surface area contributed by atoms with Crippen LogP contribution in [0, 0.1) is 5.82 Å². The summed E-state index contributed by atoms with van der Waals surface area (Å²) in [6.07, 6.45) is 2.20. The van der Waals surface area contributed by atoms with Crippen LogP contribution in [0.25, 0.3) is 6.08 Å². The number of carboxylic acid groups (broad SMARTS) is 1. The molecule has 104 valence electrons. The average molecular weight is 292 g/mol. The Labute approximate surface area is 119 Å². The Morgan fingerprint density at radius 1 is 1.55 bits per heavy atom. The number of rotatable bonds is 5. The van der Waals surface area contributed by atoms with Gasteiger partial charge in [0, 0.05) is 29.8 Å². The van der Waals surface area contributed by atoms with Crippen LogP contribution in [0.4, 0.5) is 10.1 Å². The lowest BCUT2D eigenvalue weighted by Gasteiger charge is -2.20. The number of aromatic nitrogens is 1. The maximum Gasteiger partial charge on any atom is 0.328 e. The second kappa shape index (κ2) is 6.29. The number of thiazole rings is 1. The molecule has 0 amide bonds. The van der Waals surface area contributed by atoms with Crippen molar-refractivity contribution in [3.8, 4) is 0 Å². The van der Waals surface area contributed by atoms with Crippen LogP contribution in [0.5, 0.6) is 0 Å². The van der Waals surface area contributed by atoms with Gasteiger partial charge in [-0.3, -0.25) is 0 Å². The van der Waals surface area contributed by atoms with Gasteiger partial charge in [0.05, 0.1) is 17.7 Å². The van der Waals surface area contributed by atoms with E-state index in [9.17, 15) is 9.18 Å². The molecule has 0 aliphatic heterocycles. The van der Waals surface area contributed by atoms with Crippen molar-refractivity contribution < 1.29 is 14.3 Å². The standard InChI is InChI=1S/C14H13FN2O2S/c1-17(7-10-8-20-9-16-10)13-4-2-3-12(15)11(13)5-6-14(18)19/h2-6,8-9H,7H2,1H3,(H,18,19)/b6-5+. The molecule has 0 unspecified atom stereocenters. The van der Waals surface area contributed by atoms with Gasteiger partial charge in [-0.15, -0.1) is 11.3 Å². The molecular weight excluding hydrogens is 279 g/mol. The molecule has 20 heavy (non-hydrogen) atoms. The van der Waals surface area contributed by atoms with E-state index >= 15 is 0 Å². The minimum atomic E-state index is -1.11. The highest BCUT2D eigenvalue weighted by molar-refractivity contribution is 7.07. The number of halogens is 1. The van der Waals surface area contributed by atoms with E-state index in [1.165, 1.54) is 23.5 Å². The van der Waals surface area contributed by atoms with Crippen molar-refractivity contribution in [2.24, 2.45) is 0 Å². The number of benzene rings is 1. The molecule has 0 spiro atoms. The quantitative estimate of drug-likeness (QED) is 0.861. The first kappa shape index (κ1) is 14.2. The number of anilines is 1. The summed E-state index contributed by atoms with van der Waals surface area (Å²) in [7, 11) is 1.81. The van der Waals surface area contributed by atoms with Crippen molar-refractivity contribution in [1.29, 1.82) is 0 Å². The van der Waals surface area contributed by atoms with Gasteiger partial charge in [-0.25, -0.2) is 14.2 Å². The molecule has 2 aromatic rings. The van der Waals surface area contributed by atoms with E-state index < -0.39 is 11.8 Å². The van der Waals surface area contributed by atoms with Crippen molar-refractivity contribution in [2.45, 2.75) is 6.54 Å². The SMILES string of the molecule is CN(Cc1cscn1)c1cccc(F)c1/C=C/C(=O)O. The minimum Gasteiger partial charge on any atom is -0.478 e. The molecule has 1 aromatic carbocycles. The summed E-state index contributed by atoms with van der Waals surface area (Å²) in [5.74, 6) is -1.56. The van der Waals surface area contributed by atoms with Crippen LogP contribution in [0.2, 0.25) is 0 Å². The largest absolute Gasteiger partial charge is 0.478 e. The monoisotopic (exact) mass is 292 g/mol. The van der Waals surface area contributed by atoms with Crippen molar-refractivity contribution in [2.75, 3.05) is 11.9 Å². The highest BCUT2D eigenvalue weighted by Gasteiger charge is 2.11. The van der Waals surface area contributed by atoms with E-state index in [1.807, 2.05) is 17.3 Å². The molecule has 0 aliphatic rings. The molecule has 0 fully saturated rings. The molecule has 1 aromatic heterocycles. The molecule has 0 saturated heterocycles. The fourth-order valence-electron chi connectivity index (χ4n) is 1.82. The smallest absolute Gasteiger partial charge is 0.328 e. The summed E-state index contributed by atoms with van der Waals surface area (Å²) < 4.78 is 13.9. The predicted octanol–water partition coefficient (Wildman–Crippen LogP) is 3.02. The molecule has 0 aliphatic carbocycles. The Morgan fingerprint density at radius 2 is 2.35 bits per heavy atom. The van der Waals surface area contributed by atoms with Crippen LogP contribution >= 0.6 is 11.3 Å². The Kier molecular flexibility index (Phi) is 4.47. The number of hydrogen-bond donors (Lipinski definition) is 1. The molecule has 0 saturated carbocycles. The fraction of sp³-hybridized carbons (Fsp3) is 0.143. The third kappa shape index (κ3) is 3.42. The summed E-state index contributed by atoms with van der Waals surface area (Å²) in [5.41, 5.74) is 3.50. The third-order valence-electron chi connectivity index (χ3n) is 2.72. The van der Waals surface area contributed by atoms with Gasteiger partial charge in [0.25, 0.3) is 0 Å². The summed E-state index contributed by atoms with van der Waals surface area (Å²) in [5, 5.41) is 10.6. The number of carboxylic acids is 1. The lowest BCUT2D eigenvalue weighted by molar-refractivity contribution is -0.131. The maximum atomic E-state index is 13.9. The van der Waals surface area contributed by atoms with Crippen LogP contribution in [0.15, 0.2) is 35.2 Å². The van der Waals surface area contributed by atoms with E-state index in [2.05, 4.69) is 4.98 Å². The summed E-state index contributed by atoms with van der Waals surface area (Å²) in [4.78, 5) is 16.6. The second-order valence-corrected chi connectivity index (χ2v) is 4.90. The molecule has 4 nitrogen and oxygen atoms in total. The van der Waals surface area contributed by atoms with Crippen molar-refractivity contribution >= 4 is 29.1 Å². The van der Waals surface area contributed by atoms with E-state index in [1.54, 1.807) is 17.6 Å². The van der Waals surface area contributed by atoms with Crippen LogP contribution in [0.1, 0.15) is 11.3 Å². The fourth-order valence-corrected chi connectivity index (χ4v) is 2.37. The summed E-state index contributed by atoms with van der Waals surface area (Å²) in [6.45, 7) is 0.529. The Hall–Kier alpha value is -2.21. The molecule has 6 heteroatoms. The van der Waals surface area contributed by atoms with E-state index in [-0.39, 0.29) is 5.56 Å². The Morgan fingerprint density at radius 3 is 3.00 bits per heavy atom. The second-order valence-electron chi connectivity index (χ2n) is 4.18. The summed E-state index contributed by atoms with van der Waals surface area (Å²) in [6, 6.07) is 4.65. The molecule has 2 rings (SSSR count). The molecule has 0 bridgehead atoms. The number of carbonyl (C=O) groups is 1. The van der Waals surface area contributed by atoms with E-state index in [4.69, 9.17) is 5.11 Å². The highest BCUT2D eigenvalue weighted by Crippen LogP contribution is 2.25. The molecule has 1 heterocycles. The van der Waals surface area contributed by atoms with Gasteiger partial charge < -0.3 is 10.0 Å². The first-order valence-corrected chi connectivity index (χ1v) is 6.80. The van der Waals surface area contributed by atoms with Crippen LogP contribution in [-0.4, -0.2) is 23.1 Å². The molecule has 0 atom stereocenters. The highest BCUT2D eigenvalue weighted by atomic mass is 32.1. The molecular formula is C14H13FN2O2S. The maximum absolute atomic E-state index is 13.9. The first-order valence-electron chi connectivity index (χ1n) is 5.85. The zero-order valence-electron chi connectivity index (χ0n) is 10.8. The van der Waals surface area contributed by atoms with Gasteiger partial charge in [-0.05, 0) is 18.2 Å². The molecule has 0 radical (unpaired) electrons. The summed E-state index contributed by atoms with van der Waals surface area (Å²) >= 11 is 1.49.